The van der Waals surface area contributed by atoms with Gasteiger partial charge in [0, 0.05) is 28.0 Å². The molecular weight excluding hydrogens is 540 g/mol. The van der Waals surface area contributed by atoms with Gasteiger partial charge < -0.3 is 10.4 Å². The van der Waals surface area contributed by atoms with Crippen LogP contribution in [0.15, 0.2) is 89.0 Å². The number of allylic oxidation sites excluding steroid dienone is 4. The van der Waals surface area contributed by atoms with Gasteiger partial charge in [-0.1, -0.05) is 132 Å². The second-order valence-electron chi connectivity index (χ2n) is 16.1. The van der Waals surface area contributed by atoms with E-state index in [0.29, 0.717) is 17.1 Å². The highest BCUT2D eigenvalue weighted by atomic mass is 16.3. The van der Waals surface area contributed by atoms with Crippen molar-refractivity contribution in [1.82, 2.24) is 0 Å². The van der Waals surface area contributed by atoms with E-state index in [-0.39, 0.29) is 33.2 Å². The van der Waals surface area contributed by atoms with E-state index in [1.807, 2.05) is 54.6 Å². The number of nitrogens with one attached hydrogen (secondary N) is 1. The summed E-state index contributed by atoms with van der Waals surface area (Å²) >= 11 is 0. The summed E-state index contributed by atoms with van der Waals surface area (Å²) in [6.07, 6.45) is 4.00. The van der Waals surface area contributed by atoms with Crippen LogP contribution in [0.4, 0.5) is 17.1 Å². The fourth-order valence-corrected chi connectivity index (χ4v) is 5.32. The number of aromatic hydroxyl groups is 1. The summed E-state index contributed by atoms with van der Waals surface area (Å²) in [6, 6.07) is 20.2. The van der Waals surface area contributed by atoms with Gasteiger partial charge in [0.1, 0.15) is 11.5 Å². The molecule has 0 saturated carbocycles. The lowest BCUT2D eigenvalue weighted by molar-refractivity contribution is -0.110. The summed E-state index contributed by atoms with van der Waals surface area (Å²) < 4.78 is 0. The highest BCUT2D eigenvalue weighted by Crippen LogP contribution is 2.44. The highest BCUT2D eigenvalue weighted by molar-refractivity contribution is 6.51. The number of Topliss-reactive ketones (excluding diaryl/α,β-unsaturated/α-hetero) is 1. The molecule has 0 fully saturated rings. The van der Waals surface area contributed by atoms with E-state index < -0.39 is 0 Å². The van der Waals surface area contributed by atoms with Crippen molar-refractivity contribution in [2.75, 3.05) is 5.32 Å². The van der Waals surface area contributed by atoms with Gasteiger partial charge in [0.25, 0.3) is 0 Å². The Balaban J connectivity index is 1.87. The van der Waals surface area contributed by atoms with Gasteiger partial charge in [-0.2, -0.15) is 0 Å². The first-order chi connectivity index (χ1) is 20.2. The van der Waals surface area contributed by atoms with Crippen LogP contribution in [0.3, 0.4) is 0 Å². The van der Waals surface area contributed by atoms with Gasteiger partial charge in [-0.25, -0.2) is 4.99 Å². The highest BCUT2D eigenvalue weighted by Gasteiger charge is 2.32. The summed E-state index contributed by atoms with van der Waals surface area (Å²) in [6.45, 7) is 25.6. The third-order valence-corrected chi connectivity index (χ3v) is 8.16. The van der Waals surface area contributed by atoms with Crippen molar-refractivity contribution in [3.8, 4) is 16.9 Å². The topological polar surface area (TPSA) is 61.7 Å². The zero-order chi connectivity index (χ0) is 32.8. The quantitative estimate of drug-likeness (QED) is 0.235. The molecule has 0 aromatic heterocycles. The van der Waals surface area contributed by atoms with E-state index >= 15 is 0 Å². The number of phenolic OH excluding ortho intramolecular Hbond substituents is 1. The number of carbonyl (C=O) groups excluding carboxylic acids is 1. The fourth-order valence-electron chi connectivity index (χ4n) is 5.32. The Labute approximate surface area is 265 Å². The van der Waals surface area contributed by atoms with Crippen molar-refractivity contribution in [3.05, 3.63) is 95.1 Å². The van der Waals surface area contributed by atoms with Gasteiger partial charge in [0.2, 0.25) is 5.78 Å². The Hall–Kier alpha value is -3.92. The van der Waals surface area contributed by atoms with Crippen LogP contribution >= 0.6 is 0 Å². The average Bonchev–Trinajstić information content (AvgIpc) is 2.89. The number of phenols is 1. The number of anilines is 2. The minimum atomic E-state index is -0.311. The van der Waals surface area contributed by atoms with Crippen LogP contribution in [0.1, 0.15) is 94.2 Å². The molecule has 44 heavy (non-hydrogen) atoms. The minimum Gasteiger partial charge on any atom is -0.505 e. The van der Waals surface area contributed by atoms with Crippen LogP contribution in [0.25, 0.3) is 11.1 Å². The summed E-state index contributed by atoms with van der Waals surface area (Å²) in [5, 5.41) is 15.1. The Kier molecular flexibility index (Phi) is 8.65. The predicted molar refractivity (Wildman–Crippen MR) is 188 cm³/mol. The van der Waals surface area contributed by atoms with Gasteiger partial charge in [-0.15, -0.1) is 0 Å². The standard InChI is InChI=1S/C40H50N2O2/c1-37(2,3)25-21-29(39(7,8)9)35(43)33(23-25)41-31-19-15-13-17-27(31)28-18-14-16-20-32(28)42-34-24-26(38(4,5)6)22-30(36(34)44)40(10,11)12/h13-24,41,43H,1-12H3. The molecule has 1 aliphatic carbocycles. The van der Waals surface area contributed by atoms with Crippen molar-refractivity contribution in [2.45, 2.75) is 93.9 Å². The lowest BCUT2D eigenvalue weighted by Crippen LogP contribution is -2.29. The zero-order valence-corrected chi connectivity index (χ0v) is 28.7. The molecule has 0 aliphatic heterocycles. The maximum absolute atomic E-state index is 13.8. The van der Waals surface area contributed by atoms with Gasteiger partial charge in [-0.3, -0.25) is 4.79 Å². The average molecular weight is 591 g/mol. The van der Waals surface area contributed by atoms with Crippen molar-refractivity contribution in [3.63, 3.8) is 0 Å². The lowest BCUT2D eigenvalue weighted by Gasteiger charge is -2.30. The van der Waals surface area contributed by atoms with Gasteiger partial charge in [-0.05, 0) is 57.1 Å². The van der Waals surface area contributed by atoms with E-state index in [1.54, 1.807) is 0 Å². The molecular formula is C40H50N2O2. The number of rotatable bonds is 4. The van der Waals surface area contributed by atoms with Crippen LogP contribution in [-0.4, -0.2) is 16.6 Å². The molecule has 0 bridgehead atoms. The Morgan fingerprint density at radius 1 is 0.636 bits per heavy atom. The summed E-state index contributed by atoms with van der Waals surface area (Å²) in [7, 11) is 0. The van der Waals surface area contributed by atoms with Crippen LogP contribution in [0, 0.1) is 10.8 Å². The first-order valence-corrected chi connectivity index (χ1v) is 15.6. The number of nitrogens with zero attached hydrogens (tertiary/aromatic N) is 1. The molecule has 0 unspecified atom stereocenters. The third kappa shape index (κ3) is 7.07. The maximum atomic E-state index is 13.8. The number of hydrogen-bond acceptors (Lipinski definition) is 4. The largest absolute Gasteiger partial charge is 0.505 e. The van der Waals surface area contributed by atoms with Crippen LogP contribution in [-0.2, 0) is 15.6 Å². The monoisotopic (exact) mass is 590 g/mol. The molecule has 3 aromatic rings. The summed E-state index contributed by atoms with van der Waals surface area (Å²) in [5.41, 5.74) is 7.62. The Morgan fingerprint density at radius 2 is 1.23 bits per heavy atom. The second-order valence-corrected chi connectivity index (χ2v) is 16.1. The van der Waals surface area contributed by atoms with Crippen molar-refractivity contribution < 1.29 is 9.90 Å². The molecule has 0 saturated heterocycles. The van der Waals surface area contributed by atoms with E-state index in [9.17, 15) is 9.90 Å². The summed E-state index contributed by atoms with van der Waals surface area (Å²) in [4.78, 5) is 18.8. The first-order valence-electron chi connectivity index (χ1n) is 15.6. The minimum absolute atomic E-state index is 0.0367. The van der Waals surface area contributed by atoms with E-state index in [2.05, 4.69) is 107 Å². The van der Waals surface area contributed by atoms with E-state index in [0.717, 1.165) is 39.1 Å². The molecule has 0 heterocycles. The normalized spacial score (nSPS) is 15.7. The maximum Gasteiger partial charge on any atom is 0.207 e. The molecule has 4 nitrogen and oxygen atoms in total. The van der Waals surface area contributed by atoms with Gasteiger partial charge in [0.05, 0.1) is 11.4 Å². The van der Waals surface area contributed by atoms with Crippen molar-refractivity contribution in [1.29, 1.82) is 0 Å². The molecule has 1 aliphatic rings. The molecule has 0 amide bonds. The van der Waals surface area contributed by atoms with Crippen molar-refractivity contribution >= 4 is 28.6 Å². The number of aliphatic imine (C=N–C) groups is 1. The molecule has 0 radical (unpaired) electrons. The van der Waals surface area contributed by atoms with Crippen LogP contribution in [0.2, 0.25) is 0 Å². The van der Waals surface area contributed by atoms with Gasteiger partial charge in [0.15, 0.2) is 0 Å². The van der Waals surface area contributed by atoms with Crippen molar-refractivity contribution in [2.24, 2.45) is 15.8 Å². The summed E-state index contributed by atoms with van der Waals surface area (Å²) in [5.74, 6) is 0.216. The predicted octanol–water partition coefficient (Wildman–Crippen LogP) is 11.0. The molecule has 2 N–H and O–H groups in total. The zero-order valence-electron chi connectivity index (χ0n) is 28.7. The molecule has 232 valence electrons. The molecule has 0 spiro atoms. The van der Waals surface area contributed by atoms with Gasteiger partial charge >= 0.3 is 0 Å². The van der Waals surface area contributed by atoms with E-state index in [4.69, 9.17) is 4.99 Å². The lowest BCUT2D eigenvalue weighted by atomic mass is 9.74. The molecule has 0 atom stereocenters. The Morgan fingerprint density at radius 3 is 1.80 bits per heavy atom. The number of benzene rings is 3. The van der Waals surface area contributed by atoms with E-state index in [1.165, 1.54) is 0 Å². The smallest absolute Gasteiger partial charge is 0.207 e. The van der Waals surface area contributed by atoms with Crippen LogP contribution < -0.4 is 5.32 Å². The SMILES string of the molecule is CC(C)(C)C1=CC(=Nc2ccccc2-c2ccccc2Nc2cc(C(C)(C)C)cc(C(C)(C)C)c2O)C(=O)C(C(C)(C)C)=C1. The molecule has 4 heteroatoms. The fraction of sp³-hybridized carbons (Fsp3) is 0.400. The second kappa shape index (κ2) is 11.5. The number of hydrogen-bond donors (Lipinski definition) is 2. The number of ketones is 1. The third-order valence-electron chi connectivity index (χ3n) is 8.16. The van der Waals surface area contributed by atoms with Crippen LogP contribution in [0.5, 0.6) is 5.75 Å². The number of carbonyl (C=O) groups is 1. The Bertz CT molecular complexity index is 1670. The molecule has 4 rings (SSSR count). The number of para-hydroxylation sites is 2. The molecule has 3 aromatic carbocycles. The first kappa shape index (κ1) is 33.0.